The molecule has 0 aromatic heterocycles. The topological polar surface area (TPSA) is 29.5 Å². The lowest BCUT2D eigenvalue weighted by Gasteiger charge is -2.11. The van der Waals surface area contributed by atoms with Crippen LogP contribution in [0.25, 0.3) is 0 Å². The number of rotatable bonds is 6. The predicted molar refractivity (Wildman–Crippen MR) is 57.4 cm³/mol. The zero-order chi connectivity index (χ0) is 10.2. The highest BCUT2D eigenvalue weighted by atomic mass is 16.5. The number of benzene rings is 1. The number of hydrogen-bond donors (Lipinski definition) is 1. The maximum Gasteiger partial charge on any atom is 0.0697 e. The summed E-state index contributed by atoms with van der Waals surface area (Å²) in [6.07, 6.45) is 1.00. The van der Waals surface area contributed by atoms with Gasteiger partial charge in [-0.1, -0.05) is 37.3 Å². The molecule has 0 radical (unpaired) electrons. The molecule has 1 aromatic rings. The molecule has 0 spiro atoms. The maximum atomic E-state index is 8.52. The van der Waals surface area contributed by atoms with Crippen LogP contribution in [0.4, 0.5) is 0 Å². The van der Waals surface area contributed by atoms with E-state index in [1.807, 2.05) is 6.07 Å². The van der Waals surface area contributed by atoms with Crippen molar-refractivity contribution in [2.75, 3.05) is 19.8 Å². The molecule has 14 heavy (non-hydrogen) atoms. The van der Waals surface area contributed by atoms with E-state index in [-0.39, 0.29) is 6.61 Å². The molecular formula is C12H18O2. The predicted octanol–water partition coefficient (Wildman–Crippen LogP) is 2.19. The van der Waals surface area contributed by atoms with Crippen LogP contribution in [0, 0.1) is 0 Å². The smallest absolute Gasteiger partial charge is 0.0697 e. The van der Waals surface area contributed by atoms with Crippen molar-refractivity contribution in [3.63, 3.8) is 0 Å². The molecule has 0 fully saturated rings. The van der Waals surface area contributed by atoms with Crippen LogP contribution in [0.1, 0.15) is 24.8 Å². The average molecular weight is 194 g/mol. The molecule has 1 rings (SSSR count). The number of aliphatic hydroxyl groups is 1. The van der Waals surface area contributed by atoms with Gasteiger partial charge in [0, 0.05) is 6.61 Å². The molecule has 0 aliphatic carbocycles. The second-order valence-corrected chi connectivity index (χ2v) is 3.44. The number of aliphatic hydroxyl groups excluding tert-OH is 1. The van der Waals surface area contributed by atoms with E-state index in [1.54, 1.807) is 0 Å². The van der Waals surface area contributed by atoms with Crippen molar-refractivity contribution in [1.29, 1.82) is 0 Å². The van der Waals surface area contributed by atoms with E-state index in [4.69, 9.17) is 9.84 Å². The van der Waals surface area contributed by atoms with Crippen LogP contribution in [0.2, 0.25) is 0 Å². The maximum absolute atomic E-state index is 8.52. The second-order valence-electron chi connectivity index (χ2n) is 3.44. The molecule has 1 aromatic carbocycles. The molecule has 2 heteroatoms. The van der Waals surface area contributed by atoms with Gasteiger partial charge in [-0.15, -0.1) is 0 Å². The Morgan fingerprint density at radius 3 is 2.57 bits per heavy atom. The zero-order valence-corrected chi connectivity index (χ0v) is 8.65. The van der Waals surface area contributed by atoms with Crippen molar-refractivity contribution in [2.24, 2.45) is 0 Å². The van der Waals surface area contributed by atoms with Crippen molar-refractivity contribution in [3.05, 3.63) is 35.9 Å². The third-order valence-corrected chi connectivity index (χ3v) is 2.30. The highest BCUT2D eigenvalue weighted by molar-refractivity contribution is 5.18. The SMILES string of the molecule is CC(CCOCCO)c1ccccc1. The molecule has 0 aliphatic rings. The minimum atomic E-state index is 0.111. The summed E-state index contributed by atoms with van der Waals surface area (Å²) in [5.74, 6) is 0.523. The normalized spacial score (nSPS) is 12.7. The Hall–Kier alpha value is -0.860. The minimum absolute atomic E-state index is 0.111. The lowest BCUT2D eigenvalue weighted by molar-refractivity contribution is 0.0882. The van der Waals surface area contributed by atoms with Crippen molar-refractivity contribution >= 4 is 0 Å². The fraction of sp³-hybridized carbons (Fsp3) is 0.500. The van der Waals surface area contributed by atoms with Gasteiger partial charge in [0.1, 0.15) is 0 Å². The molecule has 0 heterocycles. The monoisotopic (exact) mass is 194 g/mol. The number of ether oxygens (including phenoxy) is 1. The van der Waals surface area contributed by atoms with Gasteiger partial charge in [-0.05, 0) is 17.9 Å². The lowest BCUT2D eigenvalue weighted by Crippen LogP contribution is -2.04. The van der Waals surface area contributed by atoms with E-state index in [1.165, 1.54) is 5.56 Å². The first-order valence-corrected chi connectivity index (χ1v) is 5.08. The highest BCUT2D eigenvalue weighted by Crippen LogP contribution is 2.17. The van der Waals surface area contributed by atoms with Crippen LogP contribution in [0.5, 0.6) is 0 Å². The van der Waals surface area contributed by atoms with Gasteiger partial charge in [0.25, 0.3) is 0 Å². The van der Waals surface area contributed by atoms with E-state index in [2.05, 4.69) is 31.2 Å². The van der Waals surface area contributed by atoms with Crippen LogP contribution < -0.4 is 0 Å². The molecule has 0 amide bonds. The van der Waals surface area contributed by atoms with E-state index in [0.717, 1.165) is 13.0 Å². The Morgan fingerprint density at radius 1 is 1.21 bits per heavy atom. The summed E-state index contributed by atoms with van der Waals surface area (Å²) in [4.78, 5) is 0. The van der Waals surface area contributed by atoms with E-state index in [0.29, 0.717) is 12.5 Å². The summed E-state index contributed by atoms with van der Waals surface area (Å²) in [6, 6.07) is 10.4. The van der Waals surface area contributed by atoms with Crippen LogP contribution in [-0.2, 0) is 4.74 Å². The van der Waals surface area contributed by atoms with E-state index < -0.39 is 0 Å². The molecular weight excluding hydrogens is 176 g/mol. The third kappa shape index (κ3) is 3.90. The Morgan fingerprint density at radius 2 is 1.93 bits per heavy atom. The Bertz CT molecular complexity index is 233. The summed E-state index contributed by atoms with van der Waals surface area (Å²) in [7, 11) is 0. The molecule has 0 aliphatic heterocycles. The quantitative estimate of drug-likeness (QED) is 0.703. The molecule has 1 atom stereocenters. The lowest BCUT2D eigenvalue weighted by atomic mass is 9.98. The van der Waals surface area contributed by atoms with Crippen molar-refractivity contribution in [3.8, 4) is 0 Å². The molecule has 1 N–H and O–H groups in total. The van der Waals surface area contributed by atoms with Gasteiger partial charge < -0.3 is 9.84 Å². The van der Waals surface area contributed by atoms with Crippen LogP contribution in [0.15, 0.2) is 30.3 Å². The number of hydrogen-bond acceptors (Lipinski definition) is 2. The van der Waals surface area contributed by atoms with Gasteiger partial charge >= 0.3 is 0 Å². The van der Waals surface area contributed by atoms with Gasteiger partial charge in [-0.25, -0.2) is 0 Å². The summed E-state index contributed by atoms with van der Waals surface area (Å²) in [6.45, 7) is 3.47. The molecule has 0 saturated heterocycles. The summed E-state index contributed by atoms with van der Waals surface area (Å²) in [5.41, 5.74) is 1.35. The Kier molecular flexibility index (Phi) is 5.27. The zero-order valence-electron chi connectivity index (χ0n) is 8.65. The summed E-state index contributed by atoms with van der Waals surface area (Å²) < 4.78 is 5.22. The average Bonchev–Trinajstić information content (AvgIpc) is 2.25. The van der Waals surface area contributed by atoms with Crippen molar-refractivity contribution in [1.82, 2.24) is 0 Å². The van der Waals surface area contributed by atoms with E-state index in [9.17, 15) is 0 Å². The van der Waals surface area contributed by atoms with Crippen molar-refractivity contribution in [2.45, 2.75) is 19.3 Å². The molecule has 78 valence electrons. The first kappa shape index (κ1) is 11.2. The van der Waals surface area contributed by atoms with Gasteiger partial charge in [-0.2, -0.15) is 0 Å². The second kappa shape index (κ2) is 6.57. The van der Waals surface area contributed by atoms with Gasteiger partial charge in [0.15, 0.2) is 0 Å². The van der Waals surface area contributed by atoms with Crippen LogP contribution >= 0.6 is 0 Å². The van der Waals surface area contributed by atoms with Crippen LogP contribution in [-0.4, -0.2) is 24.9 Å². The third-order valence-electron chi connectivity index (χ3n) is 2.30. The molecule has 2 nitrogen and oxygen atoms in total. The summed E-state index contributed by atoms with van der Waals surface area (Å²) in [5, 5.41) is 8.52. The van der Waals surface area contributed by atoms with Gasteiger partial charge in [0.2, 0.25) is 0 Å². The fourth-order valence-electron chi connectivity index (χ4n) is 1.37. The van der Waals surface area contributed by atoms with E-state index >= 15 is 0 Å². The van der Waals surface area contributed by atoms with Gasteiger partial charge in [-0.3, -0.25) is 0 Å². The highest BCUT2D eigenvalue weighted by Gasteiger charge is 2.03. The molecule has 0 saturated carbocycles. The molecule has 1 unspecified atom stereocenters. The largest absolute Gasteiger partial charge is 0.394 e. The van der Waals surface area contributed by atoms with Crippen LogP contribution in [0.3, 0.4) is 0 Å². The first-order chi connectivity index (χ1) is 6.84. The molecule has 0 bridgehead atoms. The Balaban J connectivity index is 2.25. The fourth-order valence-corrected chi connectivity index (χ4v) is 1.37. The minimum Gasteiger partial charge on any atom is -0.394 e. The summed E-state index contributed by atoms with van der Waals surface area (Å²) >= 11 is 0. The first-order valence-electron chi connectivity index (χ1n) is 5.08. The Labute approximate surface area is 85.5 Å². The van der Waals surface area contributed by atoms with Gasteiger partial charge in [0.05, 0.1) is 13.2 Å². The van der Waals surface area contributed by atoms with Crippen molar-refractivity contribution < 1.29 is 9.84 Å². The standard InChI is InChI=1S/C12H18O2/c1-11(7-9-14-10-8-13)12-5-3-2-4-6-12/h2-6,11,13H,7-10H2,1H3.